The number of nitrogens with one attached hydrogen (secondary N) is 2. The van der Waals surface area contributed by atoms with Crippen LogP contribution in [0.4, 0.5) is 11.5 Å². The molecule has 0 saturated carbocycles. The summed E-state index contributed by atoms with van der Waals surface area (Å²) in [5.74, 6) is 2.21. The lowest BCUT2D eigenvalue weighted by Crippen LogP contribution is -2.20. The van der Waals surface area contributed by atoms with Crippen molar-refractivity contribution in [1.29, 1.82) is 0 Å². The average Bonchev–Trinajstić information content (AvgIpc) is 2.71. The zero-order chi connectivity index (χ0) is 17.6. The Morgan fingerprint density at radius 1 is 0.923 bits per heavy atom. The second-order valence-corrected chi connectivity index (χ2v) is 6.01. The summed E-state index contributed by atoms with van der Waals surface area (Å²) in [7, 11) is 0. The minimum absolute atomic E-state index is 0.645. The predicted octanol–water partition coefficient (Wildman–Crippen LogP) is 4.39. The Balaban J connectivity index is 1.50. The zero-order valence-electron chi connectivity index (χ0n) is 14.4. The van der Waals surface area contributed by atoms with Gasteiger partial charge in [0.1, 0.15) is 11.6 Å². The quantitative estimate of drug-likeness (QED) is 0.719. The molecule has 0 fully saturated rings. The molecule has 5 heteroatoms. The summed E-state index contributed by atoms with van der Waals surface area (Å²) >= 11 is 0. The van der Waals surface area contributed by atoms with E-state index in [0.717, 1.165) is 42.3 Å². The van der Waals surface area contributed by atoms with Gasteiger partial charge < -0.3 is 15.4 Å². The van der Waals surface area contributed by atoms with Gasteiger partial charge in [0.05, 0.1) is 0 Å². The van der Waals surface area contributed by atoms with Crippen LogP contribution in [0.5, 0.6) is 11.6 Å². The SMILES string of the molecule is C1=C(c2cccnc2Oc2ccc(Nc3ccccn3)cc2)CCNC1. The molecule has 0 saturated heterocycles. The monoisotopic (exact) mass is 344 g/mol. The molecule has 0 amide bonds. The molecule has 130 valence electrons. The second-order valence-electron chi connectivity index (χ2n) is 6.01. The molecule has 0 bridgehead atoms. The Kier molecular flexibility index (Phi) is 4.89. The number of rotatable bonds is 5. The van der Waals surface area contributed by atoms with Crippen LogP contribution in [0.1, 0.15) is 12.0 Å². The van der Waals surface area contributed by atoms with Gasteiger partial charge in [-0.05, 0) is 67.1 Å². The maximum atomic E-state index is 6.05. The first-order chi connectivity index (χ1) is 12.9. The zero-order valence-corrected chi connectivity index (χ0v) is 14.4. The maximum Gasteiger partial charge on any atom is 0.226 e. The molecule has 26 heavy (non-hydrogen) atoms. The summed E-state index contributed by atoms with van der Waals surface area (Å²) in [6, 6.07) is 17.6. The number of nitrogens with zero attached hydrogens (tertiary/aromatic N) is 2. The van der Waals surface area contributed by atoms with Crippen molar-refractivity contribution in [3.63, 3.8) is 0 Å². The van der Waals surface area contributed by atoms with Crippen LogP contribution in [0.25, 0.3) is 5.57 Å². The minimum Gasteiger partial charge on any atom is -0.438 e. The summed E-state index contributed by atoms with van der Waals surface area (Å²) in [5.41, 5.74) is 3.29. The van der Waals surface area contributed by atoms with E-state index in [1.165, 1.54) is 5.57 Å². The Morgan fingerprint density at radius 2 is 1.81 bits per heavy atom. The van der Waals surface area contributed by atoms with Gasteiger partial charge in [-0.3, -0.25) is 0 Å². The van der Waals surface area contributed by atoms with E-state index in [9.17, 15) is 0 Å². The first-order valence-electron chi connectivity index (χ1n) is 8.69. The van der Waals surface area contributed by atoms with Gasteiger partial charge in [0, 0.05) is 30.2 Å². The molecule has 2 aromatic heterocycles. The van der Waals surface area contributed by atoms with Crippen LogP contribution in [0.2, 0.25) is 0 Å². The fraction of sp³-hybridized carbons (Fsp3) is 0.143. The van der Waals surface area contributed by atoms with Gasteiger partial charge in [-0.1, -0.05) is 12.1 Å². The van der Waals surface area contributed by atoms with Gasteiger partial charge in [0.2, 0.25) is 5.88 Å². The average molecular weight is 344 g/mol. The van der Waals surface area contributed by atoms with E-state index >= 15 is 0 Å². The lowest BCUT2D eigenvalue weighted by atomic mass is 10.0. The standard InChI is InChI=1S/C21H20N4O/c1-2-12-23-20(5-1)25-17-6-8-18(9-7-17)26-21-19(4-3-13-24-21)16-10-14-22-15-11-16/h1-10,12-13,22H,11,14-15H2,(H,23,25). The molecule has 2 N–H and O–H groups in total. The maximum absolute atomic E-state index is 6.05. The van der Waals surface area contributed by atoms with Crippen molar-refractivity contribution >= 4 is 17.1 Å². The first kappa shape index (κ1) is 16.3. The molecule has 0 unspecified atom stereocenters. The summed E-state index contributed by atoms with van der Waals surface area (Å²) in [6.07, 6.45) is 6.71. The van der Waals surface area contributed by atoms with Crippen LogP contribution in [-0.2, 0) is 0 Å². The van der Waals surface area contributed by atoms with E-state index in [1.54, 1.807) is 12.4 Å². The molecule has 1 aliphatic rings. The van der Waals surface area contributed by atoms with Crippen molar-refractivity contribution in [3.8, 4) is 11.6 Å². The van der Waals surface area contributed by atoms with E-state index in [2.05, 4.69) is 32.7 Å². The van der Waals surface area contributed by atoms with E-state index in [4.69, 9.17) is 4.74 Å². The second kappa shape index (κ2) is 7.80. The lowest BCUT2D eigenvalue weighted by molar-refractivity contribution is 0.461. The van der Waals surface area contributed by atoms with Crippen LogP contribution < -0.4 is 15.4 Å². The van der Waals surface area contributed by atoms with Gasteiger partial charge >= 0.3 is 0 Å². The van der Waals surface area contributed by atoms with E-state index in [0.29, 0.717) is 5.88 Å². The fourth-order valence-electron chi connectivity index (χ4n) is 2.89. The summed E-state index contributed by atoms with van der Waals surface area (Å²) in [5, 5.41) is 6.59. The fourth-order valence-corrected chi connectivity index (χ4v) is 2.89. The van der Waals surface area contributed by atoms with Gasteiger partial charge in [0.25, 0.3) is 0 Å². The van der Waals surface area contributed by atoms with Crippen LogP contribution in [0.3, 0.4) is 0 Å². The van der Waals surface area contributed by atoms with Crippen LogP contribution in [-0.4, -0.2) is 23.1 Å². The van der Waals surface area contributed by atoms with Crippen molar-refractivity contribution in [1.82, 2.24) is 15.3 Å². The molecular weight excluding hydrogens is 324 g/mol. The minimum atomic E-state index is 0.645. The highest BCUT2D eigenvalue weighted by atomic mass is 16.5. The Morgan fingerprint density at radius 3 is 2.58 bits per heavy atom. The summed E-state index contributed by atoms with van der Waals surface area (Å²) < 4.78 is 6.05. The molecule has 5 nitrogen and oxygen atoms in total. The van der Waals surface area contributed by atoms with Gasteiger partial charge in [-0.15, -0.1) is 0 Å². The molecule has 0 radical (unpaired) electrons. The van der Waals surface area contributed by atoms with Crippen LogP contribution in [0, 0.1) is 0 Å². The van der Waals surface area contributed by atoms with Crippen LogP contribution >= 0.6 is 0 Å². The molecule has 1 aromatic carbocycles. The van der Waals surface area contributed by atoms with Crippen molar-refractivity contribution in [3.05, 3.63) is 78.6 Å². The predicted molar refractivity (Wildman–Crippen MR) is 104 cm³/mol. The Bertz CT molecular complexity index is 891. The number of hydrogen-bond acceptors (Lipinski definition) is 5. The molecule has 0 aliphatic carbocycles. The normalized spacial score (nSPS) is 13.8. The van der Waals surface area contributed by atoms with Gasteiger partial charge in [-0.2, -0.15) is 0 Å². The number of pyridine rings is 2. The molecule has 4 rings (SSSR count). The summed E-state index contributed by atoms with van der Waals surface area (Å²) in [6.45, 7) is 1.87. The topological polar surface area (TPSA) is 59.1 Å². The van der Waals surface area contributed by atoms with Crippen molar-refractivity contribution < 1.29 is 4.74 Å². The number of ether oxygens (including phenoxy) is 1. The van der Waals surface area contributed by atoms with Gasteiger partial charge in [0.15, 0.2) is 0 Å². The highest BCUT2D eigenvalue weighted by molar-refractivity contribution is 5.70. The largest absolute Gasteiger partial charge is 0.438 e. The third-order valence-corrected chi connectivity index (χ3v) is 4.19. The molecule has 0 spiro atoms. The third-order valence-electron chi connectivity index (χ3n) is 4.19. The Hall–Kier alpha value is -3.18. The highest BCUT2D eigenvalue weighted by Crippen LogP contribution is 2.31. The van der Waals surface area contributed by atoms with E-state index in [-0.39, 0.29) is 0 Å². The molecule has 3 aromatic rings. The first-order valence-corrected chi connectivity index (χ1v) is 8.69. The number of anilines is 2. The van der Waals surface area contributed by atoms with Crippen molar-refractivity contribution in [2.45, 2.75) is 6.42 Å². The van der Waals surface area contributed by atoms with E-state index in [1.807, 2.05) is 48.5 Å². The molecule has 3 heterocycles. The number of benzene rings is 1. The van der Waals surface area contributed by atoms with Crippen molar-refractivity contribution in [2.75, 3.05) is 18.4 Å². The Labute approximate surface area is 152 Å². The van der Waals surface area contributed by atoms with Gasteiger partial charge in [-0.25, -0.2) is 9.97 Å². The molecule has 1 aliphatic heterocycles. The molecule has 0 atom stereocenters. The van der Waals surface area contributed by atoms with Crippen molar-refractivity contribution in [2.24, 2.45) is 0 Å². The van der Waals surface area contributed by atoms with E-state index < -0.39 is 0 Å². The van der Waals surface area contributed by atoms with Crippen LogP contribution in [0.15, 0.2) is 73.1 Å². The molecular formula is C21H20N4O. The lowest BCUT2D eigenvalue weighted by Gasteiger charge is -2.16. The third kappa shape index (κ3) is 3.90. The summed E-state index contributed by atoms with van der Waals surface area (Å²) in [4.78, 5) is 8.69. The number of hydrogen-bond donors (Lipinski definition) is 2. The number of aromatic nitrogens is 2. The smallest absolute Gasteiger partial charge is 0.226 e. The highest BCUT2D eigenvalue weighted by Gasteiger charge is 2.13.